The molecule has 0 saturated carbocycles. The molecule has 19 heavy (non-hydrogen) atoms. The lowest BCUT2D eigenvalue weighted by molar-refractivity contribution is -0.385. The third-order valence-electron chi connectivity index (χ3n) is 2.19. The van der Waals surface area contributed by atoms with Crippen molar-refractivity contribution in [2.75, 3.05) is 0 Å². The molecule has 2 rings (SSSR count). The van der Waals surface area contributed by atoms with Crippen LogP contribution in [0.25, 0.3) is 0 Å². The molecule has 1 heterocycles. The second-order valence-corrected chi connectivity index (χ2v) is 3.90. The molecular formula is C11H7ClFN3O3. The van der Waals surface area contributed by atoms with Crippen molar-refractivity contribution in [2.24, 2.45) is 0 Å². The molecule has 0 radical (unpaired) electrons. The number of nitro groups is 1. The Kier molecular flexibility index (Phi) is 3.86. The maximum Gasteiger partial charge on any atom is 0.272 e. The first-order chi connectivity index (χ1) is 9.06. The van der Waals surface area contributed by atoms with E-state index in [4.69, 9.17) is 16.3 Å². The summed E-state index contributed by atoms with van der Waals surface area (Å²) in [6, 6.07) is 6.25. The molecular weight excluding hydrogens is 277 g/mol. The van der Waals surface area contributed by atoms with E-state index in [-0.39, 0.29) is 23.2 Å². The van der Waals surface area contributed by atoms with Gasteiger partial charge in [-0.1, -0.05) is 11.6 Å². The summed E-state index contributed by atoms with van der Waals surface area (Å²) in [6.07, 6.45) is 0. The number of benzene rings is 1. The lowest BCUT2D eigenvalue weighted by atomic mass is 10.3. The Morgan fingerprint density at radius 2 is 2.11 bits per heavy atom. The minimum atomic E-state index is -0.809. The first-order valence-electron chi connectivity index (χ1n) is 5.11. The molecule has 8 heteroatoms. The molecule has 0 atom stereocenters. The molecule has 0 N–H and O–H groups in total. The highest BCUT2D eigenvalue weighted by Crippen LogP contribution is 2.23. The number of non-ortho nitro benzene ring substituents is 1. The minimum Gasteiger partial charge on any atom is -0.484 e. The molecule has 0 aliphatic heterocycles. The van der Waals surface area contributed by atoms with Crippen LogP contribution < -0.4 is 4.74 Å². The molecule has 6 nitrogen and oxygen atoms in total. The van der Waals surface area contributed by atoms with Crippen molar-refractivity contribution in [1.82, 2.24) is 10.2 Å². The van der Waals surface area contributed by atoms with Gasteiger partial charge < -0.3 is 4.74 Å². The van der Waals surface area contributed by atoms with Gasteiger partial charge in [-0.2, -0.15) is 5.10 Å². The van der Waals surface area contributed by atoms with Crippen molar-refractivity contribution < 1.29 is 14.1 Å². The highest BCUT2D eigenvalue weighted by molar-refractivity contribution is 6.29. The first kappa shape index (κ1) is 13.2. The van der Waals surface area contributed by atoms with Gasteiger partial charge in [-0.25, -0.2) is 4.39 Å². The number of hydrogen-bond acceptors (Lipinski definition) is 5. The summed E-state index contributed by atoms with van der Waals surface area (Å²) < 4.78 is 18.6. The van der Waals surface area contributed by atoms with Gasteiger partial charge in [0.05, 0.1) is 11.0 Å². The number of ether oxygens (including phenoxy) is 1. The van der Waals surface area contributed by atoms with E-state index < -0.39 is 10.7 Å². The van der Waals surface area contributed by atoms with Crippen LogP contribution in [-0.2, 0) is 6.61 Å². The second-order valence-electron chi connectivity index (χ2n) is 3.51. The molecule has 1 aromatic heterocycles. The normalized spacial score (nSPS) is 10.2. The predicted octanol–water partition coefficient (Wildman–Crippen LogP) is 2.76. The van der Waals surface area contributed by atoms with Crippen molar-refractivity contribution in [3.63, 3.8) is 0 Å². The quantitative estimate of drug-likeness (QED) is 0.637. The van der Waals surface area contributed by atoms with Gasteiger partial charge in [0.2, 0.25) is 0 Å². The second kappa shape index (κ2) is 5.57. The van der Waals surface area contributed by atoms with Crippen LogP contribution in [0, 0.1) is 15.9 Å². The van der Waals surface area contributed by atoms with E-state index in [1.807, 2.05) is 0 Å². The van der Waals surface area contributed by atoms with Gasteiger partial charge in [0.25, 0.3) is 5.69 Å². The molecule has 0 fully saturated rings. The molecule has 2 aromatic rings. The maximum atomic E-state index is 13.5. The SMILES string of the molecule is O=[N+]([O-])c1ccc(OCc2ccc(Cl)nn2)c(F)c1. The fourth-order valence-corrected chi connectivity index (χ4v) is 1.39. The number of aromatic nitrogens is 2. The molecule has 0 unspecified atom stereocenters. The van der Waals surface area contributed by atoms with Crippen molar-refractivity contribution in [1.29, 1.82) is 0 Å². The molecule has 0 spiro atoms. The summed E-state index contributed by atoms with van der Waals surface area (Å²) in [5, 5.41) is 18.0. The maximum absolute atomic E-state index is 13.5. The van der Waals surface area contributed by atoms with Crippen LogP contribution in [0.1, 0.15) is 5.69 Å². The van der Waals surface area contributed by atoms with E-state index in [0.29, 0.717) is 5.69 Å². The van der Waals surface area contributed by atoms with Crippen LogP contribution >= 0.6 is 11.6 Å². The Morgan fingerprint density at radius 3 is 2.68 bits per heavy atom. The smallest absolute Gasteiger partial charge is 0.272 e. The molecule has 0 aliphatic carbocycles. The Balaban J connectivity index is 2.07. The molecule has 0 aliphatic rings. The van der Waals surface area contributed by atoms with E-state index in [2.05, 4.69) is 10.2 Å². The lowest BCUT2D eigenvalue weighted by Crippen LogP contribution is -2.01. The first-order valence-corrected chi connectivity index (χ1v) is 5.49. The summed E-state index contributed by atoms with van der Waals surface area (Å²) in [6.45, 7) is -0.0150. The van der Waals surface area contributed by atoms with E-state index in [1.165, 1.54) is 12.1 Å². The average molecular weight is 284 g/mol. The zero-order valence-corrected chi connectivity index (χ0v) is 10.2. The third kappa shape index (κ3) is 3.35. The van der Waals surface area contributed by atoms with E-state index >= 15 is 0 Å². The van der Waals surface area contributed by atoms with Gasteiger partial charge in [0.1, 0.15) is 12.3 Å². The highest BCUT2D eigenvalue weighted by atomic mass is 35.5. The van der Waals surface area contributed by atoms with Crippen molar-refractivity contribution in [3.8, 4) is 5.75 Å². The van der Waals surface area contributed by atoms with E-state index in [1.54, 1.807) is 6.07 Å². The standard InChI is InChI=1S/C11H7ClFN3O3/c12-11-4-1-7(14-15-11)6-19-10-3-2-8(16(17)18)5-9(10)13/h1-5H,6H2. The number of halogens is 2. The summed E-state index contributed by atoms with van der Waals surface area (Å²) >= 11 is 5.56. The zero-order valence-electron chi connectivity index (χ0n) is 9.42. The van der Waals surface area contributed by atoms with Gasteiger partial charge in [-0.05, 0) is 18.2 Å². The van der Waals surface area contributed by atoms with Crippen LogP contribution in [-0.4, -0.2) is 15.1 Å². The highest BCUT2D eigenvalue weighted by Gasteiger charge is 2.11. The number of nitrogens with zero attached hydrogens (tertiary/aromatic N) is 3. The zero-order chi connectivity index (χ0) is 13.8. The predicted molar refractivity (Wildman–Crippen MR) is 64.4 cm³/mol. The summed E-state index contributed by atoms with van der Waals surface area (Å²) in [5.74, 6) is -0.904. The van der Waals surface area contributed by atoms with Gasteiger partial charge >= 0.3 is 0 Å². The molecule has 0 amide bonds. The minimum absolute atomic E-state index is 0.0150. The van der Waals surface area contributed by atoms with Gasteiger partial charge in [-0.15, -0.1) is 5.10 Å². The fraction of sp³-hybridized carbons (Fsp3) is 0.0909. The molecule has 1 aromatic carbocycles. The fourth-order valence-electron chi connectivity index (χ4n) is 1.29. The number of hydrogen-bond donors (Lipinski definition) is 0. The summed E-state index contributed by atoms with van der Waals surface area (Å²) in [5.41, 5.74) is 0.123. The Hall–Kier alpha value is -2.28. The average Bonchev–Trinajstić information content (AvgIpc) is 2.39. The van der Waals surface area contributed by atoms with Crippen LogP contribution in [0.2, 0.25) is 5.15 Å². The van der Waals surface area contributed by atoms with Gasteiger partial charge in [0, 0.05) is 6.07 Å². The largest absolute Gasteiger partial charge is 0.484 e. The van der Waals surface area contributed by atoms with Crippen molar-refractivity contribution in [2.45, 2.75) is 6.61 Å². The number of nitro benzene ring substituents is 1. The molecule has 0 saturated heterocycles. The van der Waals surface area contributed by atoms with Crippen molar-refractivity contribution >= 4 is 17.3 Å². The molecule has 0 bridgehead atoms. The van der Waals surface area contributed by atoms with E-state index in [0.717, 1.165) is 12.1 Å². The summed E-state index contributed by atoms with van der Waals surface area (Å²) in [7, 11) is 0. The third-order valence-corrected chi connectivity index (χ3v) is 2.39. The number of rotatable bonds is 4. The van der Waals surface area contributed by atoms with Crippen LogP contribution in [0.5, 0.6) is 5.75 Å². The van der Waals surface area contributed by atoms with Crippen molar-refractivity contribution in [3.05, 3.63) is 57.1 Å². The Bertz CT molecular complexity index is 607. The van der Waals surface area contributed by atoms with E-state index in [9.17, 15) is 14.5 Å². The van der Waals surface area contributed by atoms with Crippen LogP contribution in [0.4, 0.5) is 10.1 Å². The van der Waals surface area contributed by atoms with Gasteiger partial charge in [-0.3, -0.25) is 10.1 Å². The van der Waals surface area contributed by atoms with Gasteiger partial charge in [0.15, 0.2) is 16.7 Å². The monoisotopic (exact) mass is 283 g/mol. The Morgan fingerprint density at radius 1 is 1.32 bits per heavy atom. The molecule has 98 valence electrons. The lowest BCUT2D eigenvalue weighted by Gasteiger charge is -2.06. The van der Waals surface area contributed by atoms with Crippen LogP contribution in [0.15, 0.2) is 30.3 Å². The van der Waals surface area contributed by atoms with Crippen LogP contribution in [0.3, 0.4) is 0 Å². The Labute approximate surface area is 111 Å². The summed E-state index contributed by atoms with van der Waals surface area (Å²) in [4.78, 5) is 9.76. The topological polar surface area (TPSA) is 78.2 Å².